The number of nitrogens with zero attached hydrogens (tertiary/aromatic N) is 2. The Balaban J connectivity index is 1.47. The van der Waals surface area contributed by atoms with E-state index in [1.165, 1.54) is 37.7 Å². The maximum Gasteiger partial charge on any atom is 0.118 e. The molecule has 1 saturated carbocycles. The van der Waals surface area contributed by atoms with Gasteiger partial charge in [0, 0.05) is 30.5 Å². The first-order chi connectivity index (χ1) is 12.8. The molecule has 5 heteroatoms. The molecule has 136 valence electrons. The average Bonchev–Trinajstić information content (AvgIpc) is 3.24. The van der Waals surface area contributed by atoms with Crippen LogP contribution in [0.15, 0.2) is 30.5 Å². The molecule has 1 aliphatic carbocycles. The van der Waals surface area contributed by atoms with Crippen molar-refractivity contribution in [2.75, 3.05) is 6.61 Å². The molecule has 2 aliphatic heterocycles. The predicted molar refractivity (Wildman–Crippen MR) is 102 cm³/mol. The number of aromatic nitrogens is 2. The van der Waals surface area contributed by atoms with Crippen LogP contribution in [0.25, 0.3) is 17.5 Å². The second-order valence-electron chi connectivity index (χ2n) is 7.70. The third-order valence-corrected chi connectivity index (χ3v) is 5.95. The predicted octanol–water partition coefficient (Wildman–Crippen LogP) is 3.53. The lowest BCUT2D eigenvalue weighted by atomic mass is 9.85. The van der Waals surface area contributed by atoms with Crippen LogP contribution in [-0.2, 0) is 11.2 Å². The molecule has 1 aromatic heterocycles. The molecule has 3 aliphatic rings. The van der Waals surface area contributed by atoms with Gasteiger partial charge in [0.05, 0.1) is 17.5 Å². The van der Waals surface area contributed by atoms with Crippen LogP contribution in [0.3, 0.4) is 0 Å². The van der Waals surface area contributed by atoms with Gasteiger partial charge in [-0.25, -0.2) is 4.98 Å². The number of benzene rings is 1. The molecule has 26 heavy (non-hydrogen) atoms. The molecule has 0 amide bonds. The number of nitrogens with two attached hydrogens (primary N) is 1. The van der Waals surface area contributed by atoms with Crippen molar-refractivity contribution in [1.29, 1.82) is 0 Å². The minimum absolute atomic E-state index is 0.220. The Bertz CT molecular complexity index is 813. The Labute approximate surface area is 154 Å². The number of fused-ring (bicyclic) bond motifs is 1. The van der Waals surface area contributed by atoms with Crippen LogP contribution in [-0.4, -0.2) is 22.3 Å². The highest BCUT2D eigenvalue weighted by molar-refractivity contribution is 5.65. The molecule has 3 heterocycles. The molecule has 0 radical (unpaired) electrons. The summed E-state index contributed by atoms with van der Waals surface area (Å²) in [5.41, 5.74) is 10.9. The minimum atomic E-state index is -0.220. The molecule has 0 spiro atoms. The summed E-state index contributed by atoms with van der Waals surface area (Å²) >= 11 is 0. The van der Waals surface area contributed by atoms with Gasteiger partial charge in [-0.3, -0.25) is 0 Å². The van der Waals surface area contributed by atoms with Crippen LogP contribution in [0.2, 0.25) is 0 Å². The standard InChI is InChI=1S/C21H26N4O/c22-20-19-18(24-21(16-3-1-4-16)25(19)11-10-23-20)15-8-6-14(7-9-15)13-17-5-2-12-26-17/h6-11,16-17,20,23H,1-5,12-13,22H2. The maximum atomic E-state index is 6.36. The van der Waals surface area contributed by atoms with Gasteiger partial charge in [-0.1, -0.05) is 30.7 Å². The van der Waals surface area contributed by atoms with Crippen LogP contribution in [0.1, 0.15) is 61.3 Å². The summed E-state index contributed by atoms with van der Waals surface area (Å²) in [6, 6.07) is 8.79. The van der Waals surface area contributed by atoms with Gasteiger partial charge in [0.1, 0.15) is 12.0 Å². The van der Waals surface area contributed by atoms with Crippen molar-refractivity contribution in [3.63, 3.8) is 0 Å². The zero-order valence-electron chi connectivity index (χ0n) is 15.0. The van der Waals surface area contributed by atoms with E-state index in [2.05, 4.69) is 40.3 Å². The Kier molecular flexibility index (Phi) is 4.06. The van der Waals surface area contributed by atoms with Crippen LogP contribution in [0.5, 0.6) is 0 Å². The van der Waals surface area contributed by atoms with Gasteiger partial charge in [-0.05, 0) is 37.7 Å². The van der Waals surface area contributed by atoms with E-state index in [-0.39, 0.29) is 6.17 Å². The van der Waals surface area contributed by atoms with E-state index in [1.54, 1.807) is 0 Å². The quantitative estimate of drug-likeness (QED) is 0.885. The lowest BCUT2D eigenvalue weighted by Crippen LogP contribution is -2.30. The topological polar surface area (TPSA) is 65.1 Å². The lowest BCUT2D eigenvalue weighted by molar-refractivity contribution is 0.111. The second kappa shape index (κ2) is 6.56. The summed E-state index contributed by atoms with van der Waals surface area (Å²) in [7, 11) is 0. The van der Waals surface area contributed by atoms with Crippen molar-refractivity contribution in [2.24, 2.45) is 5.73 Å². The van der Waals surface area contributed by atoms with Gasteiger partial charge >= 0.3 is 0 Å². The summed E-state index contributed by atoms with van der Waals surface area (Å²) in [4.78, 5) is 5.03. The van der Waals surface area contributed by atoms with E-state index in [0.717, 1.165) is 35.8 Å². The summed E-state index contributed by atoms with van der Waals surface area (Å²) in [5, 5.41) is 3.22. The zero-order chi connectivity index (χ0) is 17.5. The molecular weight excluding hydrogens is 324 g/mol. The lowest BCUT2D eigenvalue weighted by Gasteiger charge is -2.27. The van der Waals surface area contributed by atoms with Crippen LogP contribution in [0, 0.1) is 0 Å². The highest BCUT2D eigenvalue weighted by Gasteiger charge is 2.30. The molecule has 1 saturated heterocycles. The molecule has 1 aromatic carbocycles. The number of imidazole rings is 1. The number of nitrogens with one attached hydrogen (secondary N) is 1. The number of hydrogen-bond donors (Lipinski definition) is 2. The minimum Gasteiger partial charge on any atom is -0.378 e. The Morgan fingerprint density at radius 1 is 1.15 bits per heavy atom. The van der Waals surface area contributed by atoms with Gasteiger partial charge in [-0.15, -0.1) is 0 Å². The first kappa shape index (κ1) is 16.1. The van der Waals surface area contributed by atoms with Crippen LogP contribution < -0.4 is 11.1 Å². The normalized spacial score (nSPS) is 25.0. The summed E-state index contributed by atoms with van der Waals surface area (Å²) in [6.07, 6.45) is 11.3. The van der Waals surface area contributed by atoms with E-state index in [0.29, 0.717) is 12.0 Å². The maximum absolute atomic E-state index is 6.36. The monoisotopic (exact) mass is 350 g/mol. The first-order valence-electron chi connectivity index (χ1n) is 9.81. The van der Waals surface area contributed by atoms with Crippen molar-refractivity contribution >= 4 is 6.20 Å². The highest BCUT2D eigenvalue weighted by Crippen LogP contribution is 2.40. The van der Waals surface area contributed by atoms with E-state index >= 15 is 0 Å². The van der Waals surface area contributed by atoms with E-state index < -0.39 is 0 Å². The van der Waals surface area contributed by atoms with Crippen molar-refractivity contribution < 1.29 is 4.74 Å². The van der Waals surface area contributed by atoms with Gasteiger partial charge in [0.25, 0.3) is 0 Å². The van der Waals surface area contributed by atoms with Gasteiger partial charge in [0.15, 0.2) is 0 Å². The van der Waals surface area contributed by atoms with Crippen LogP contribution in [0.4, 0.5) is 0 Å². The van der Waals surface area contributed by atoms with Crippen molar-refractivity contribution in [1.82, 2.24) is 14.9 Å². The third kappa shape index (κ3) is 2.75. The average molecular weight is 350 g/mol. The fourth-order valence-corrected chi connectivity index (χ4v) is 4.25. The smallest absolute Gasteiger partial charge is 0.118 e. The SMILES string of the molecule is NC1NC=Cn2c(C3CCC3)nc(-c3ccc(CC4CCCO4)cc3)c21. The Morgan fingerprint density at radius 3 is 2.69 bits per heavy atom. The summed E-state index contributed by atoms with van der Waals surface area (Å²) in [5.74, 6) is 1.73. The fourth-order valence-electron chi connectivity index (χ4n) is 4.25. The van der Waals surface area contributed by atoms with E-state index in [1.807, 2.05) is 6.20 Å². The summed E-state index contributed by atoms with van der Waals surface area (Å²) < 4.78 is 7.97. The molecule has 2 aromatic rings. The largest absolute Gasteiger partial charge is 0.378 e. The van der Waals surface area contributed by atoms with E-state index in [4.69, 9.17) is 15.5 Å². The number of ether oxygens (including phenoxy) is 1. The third-order valence-electron chi connectivity index (χ3n) is 5.95. The molecule has 2 fully saturated rings. The number of hydrogen-bond acceptors (Lipinski definition) is 4. The van der Waals surface area contributed by atoms with Gasteiger partial charge < -0.3 is 20.4 Å². The molecule has 5 nitrogen and oxygen atoms in total. The van der Waals surface area contributed by atoms with Gasteiger partial charge in [-0.2, -0.15) is 0 Å². The fraction of sp³-hybridized carbons (Fsp3) is 0.476. The molecular formula is C21H26N4O. The molecule has 0 bridgehead atoms. The van der Waals surface area contributed by atoms with Gasteiger partial charge in [0.2, 0.25) is 0 Å². The Morgan fingerprint density at radius 2 is 2.00 bits per heavy atom. The summed E-state index contributed by atoms with van der Waals surface area (Å²) in [6.45, 7) is 0.909. The van der Waals surface area contributed by atoms with Crippen molar-refractivity contribution in [3.05, 3.63) is 47.5 Å². The molecule has 3 N–H and O–H groups in total. The Hall–Kier alpha value is -2.11. The second-order valence-corrected chi connectivity index (χ2v) is 7.70. The molecule has 2 atom stereocenters. The molecule has 5 rings (SSSR count). The van der Waals surface area contributed by atoms with Crippen molar-refractivity contribution in [3.8, 4) is 11.3 Å². The molecule has 2 unspecified atom stereocenters. The zero-order valence-corrected chi connectivity index (χ0v) is 15.0. The highest BCUT2D eigenvalue weighted by atomic mass is 16.5. The number of rotatable bonds is 4. The first-order valence-corrected chi connectivity index (χ1v) is 9.81. The van der Waals surface area contributed by atoms with Crippen molar-refractivity contribution in [2.45, 2.75) is 56.7 Å². The van der Waals surface area contributed by atoms with Crippen LogP contribution >= 0.6 is 0 Å². The van der Waals surface area contributed by atoms with E-state index in [9.17, 15) is 0 Å².